The predicted octanol–water partition coefficient (Wildman–Crippen LogP) is 2.70. The number of ether oxygens (including phenoxy) is 1. The molecule has 1 heterocycles. The average molecular weight is 263 g/mol. The lowest BCUT2D eigenvalue weighted by atomic mass is 10.1. The van der Waals surface area contributed by atoms with E-state index >= 15 is 0 Å². The third-order valence-corrected chi connectivity index (χ3v) is 3.55. The second-order valence-corrected chi connectivity index (χ2v) is 5.00. The zero-order chi connectivity index (χ0) is 13.8. The Kier molecular flexibility index (Phi) is 4.43. The van der Waals surface area contributed by atoms with E-state index in [2.05, 4.69) is 4.90 Å². The minimum Gasteiger partial charge on any atom is -0.478 e. The summed E-state index contributed by atoms with van der Waals surface area (Å²) in [5.74, 6) is -0.871. The van der Waals surface area contributed by atoms with E-state index in [1.807, 2.05) is 26.0 Å². The Morgan fingerprint density at radius 1 is 1.53 bits per heavy atom. The van der Waals surface area contributed by atoms with Crippen molar-refractivity contribution in [3.63, 3.8) is 0 Å². The van der Waals surface area contributed by atoms with Crippen molar-refractivity contribution in [2.45, 2.75) is 32.8 Å². The van der Waals surface area contributed by atoms with Crippen LogP contribution in [0.3, 0.4) is 0 Å². The topological polar surface area (TPSA) is 49.8 Å². The molecule has 4 heteroatoms. The first-order valence-corrected chi connectivity index (χ1v) is 6.82. The summed E-state index contributed by atoms with van der Waals surface area (Å²) in [6.07, 6.45) is 2.38. The number of hydrogen-bond acceptors (Lipinski definition) is 3. The molecule has 1 fully saturated rings. The number of anilines is 1. The van der Waals surface area contributed by atoms with E-state index < -0.39 is 5.97 Å². The van der Waals surface area contributed by atoms with E-state index in [1.54, 1.807) is 6.07 Å². The lowest BCUT2D eigenvalue weighted by Gasteiger charge is -2.27. The van der Waals surface area contributed by atoms with E-state index in [9.17, 15) is 9.90 Å². The highest BCUT2D eigenvalue weighted by molar-refractivity contribution is 5.94. The number of likely N-dealkylation sites (N-methyl/N-ethyl adjacent to an activating group) is 1. The van der Waals surface area contributed by atoms with Crippen LogP contribution in [0.1, 0.15) is 35.7 Å². The maximum absolute atomic E-state index is 11.4. The summed E-state index contributed by atoms with van der Waals surface area (Å²) in [4.78, 5) is 13.5. The highest BCUT2D eigenvalue weighted by atomic mass is 16.5. The fourth-order valence-electron chi connectivity index (χ4n) is 2.53. The molecule has 1 aromatic rings. The van der Waals surface area contributed by atoms with E-state index in [-0.39, 0.29) is 6.10 Å². The number of rotatable bonds is 5. The fraction of sp³-hybridized carbons (Fsp3) is 0.533. The monoisotopic (exact) mass is 263 g/mol. The molecule has 0 bridgehead atoms. The van der Waals surface area contributed by atoms with E-state index in [0.29, 0.717) is 5.56 Å². The predicted molar refractivity (Wildman–Crippen MR) is 75.0 cm³/mol. The average Bonchev–Trinajstić information content (AvgIpc) is 2.89. The fourth-order valence-corrected chi connectivity index (χ4v) is 2.53. The summed E-state index contributed by atoms with van der Waals surface area (Å²) in [6, 6.07) is 5.59. The SMILES string of the molecule is CCN(CC1CCCO1)c1ccc(C)cc1C(=O)O. The molecule has 4 nitrogen and oxygen atoms in total. The van der Waals surface area contributed by atoms with Gasteiger partial charge in [0.2, 0.25) is 0 Å². The van der Waals surface area contributed by atoms with E-state index in [1.165, 1.54) is 0 Å². The lowest BCUT2D eigenvalue weighted by Crippen LogP contribution is -2.33. The molecule has 19 heavy (non-hydrogen) atoms. The molecule has 0 aliphatic carbocycles. The van der Waals surface area contributed by atoms with Crippen molar-refractivity contribution < 1.29 is 14.6 Å². The molecule has 0 aromatic heterocycles. The first-order valence-electron chi connectivity index (χ1n) is 6.82. The quantitative estimate of drug-likeness (QED) is 0.887. The maximum Gasteiger partial charge on any atom is 0.337 e. The molecule has 1 unspecified atom stereocenters. The Labute approximate surface area is 114 Å². The molecule has 1 saturated heterocycles. The summed E-state index contributed by atoms with van der Waals surface area (Å²) in [5, 5.41) is 9.34. The number of benzene rings is 1. The van der Waals surface area contributed by atoms with Crippen molar-refractivity contribution in [1.82, 2.24) is 0 Å². The molecular formula is C15H21NO3. The number of hydrogen-bond donors (Lipinski definition) is 1. The van der Waals surface area contributed by atoms with Gasteiger partial charge in [-0.3, -0.25) is 0 Å². The minimum atomic E-state index is -0.871. The molecule has 1 atom stereocenters. The molecule has 104 valence electrons. The maximum atomic E-state index is 11.4. The molecule has 1 aliphatic rings. The van der Waals surface area contributed by atoms with Crippen LogP contribution in [0, 0.1) is 6.92 Å². The van der Waals surface area contributed by atoms with Gasteiger partial charge in [0.15, 0.2) is 0 Å². The summed E-state index contributed by atoms with van der Waals surface area (Å²) in [5.41, 5.74) is 2.13. The third-order valence-electron chi connectivity index (χ3n) is 3.55. The normalized spacial score (nSPS) is 18.5. The summed E-state index contributed by atoms with van der Waals surface area (Å²) in [7, 11) is 0. The van der Waals surface area contributed by atoms with Crippen LogP contribution < -0.4 is 4.90 Å². The molecular weight excluding hydrogens is 242 g/mol. The second-order valence-electron chi connectivity index (χ2n) is 5.00. The smallest absolute Gasteiger partial charge is 0.337 e. The zero-order valence-corrected chi connectivity index (χ0v) is 11.6. The van der Waals surface area contributed by atoms with Gasteiger partial charge in [-0.2, -0.15) is 0 Å². The van der Waals surface area contributed by atoms with Gasteiger partial charge in [0.05, 0.1) is 17.4 Å². The van der Waals surface area contributed by atoms with Crippen LogP contribution in [-0.2, 0) is 4.74 Å². The largest absolute Gasteiger partial charge is 0.478 e. The van der Waals surface area contributed by atoms with Gasteiger partial charge < -0.3 is 14.7 Å². The number of nitrogens with zero attached hydrogens (tertiary/aromatic N) is 1. The number of carboxylic acid groups (broad SMARTS) is 1. The molecule has 0 radical (unpaired) electrons. The number of carboxylic acids is 1. The van der Waals surface area contributed by atoms with Crippen molar-refractivity contribution in [3.8, 4) is 0 Å². The third kappa shape index (κ3) is 3.26. The van der Waals surface area contributed by atoms with Crippen LogP contribution in [0.15, 0.2) is 18.2 Å². The van der Waals surface area contributed by atoms with Gasteiger partial charge in [0.25, 0.3) is 0 Å². The van der Waals surface area contributed by atoms with Gasteiger partial charge in [-0.15, -0.1) is 0 Å². The Morgan fingerprint density at radius 2 is 2.32 bits per heavy atom. The van der Waals surface area contributed by atoms with Gasteiger partial charge in [-0.05, 0) is 38.8 Å². The van der Waals surface area contributed by atoms with E-state index in [0.717, 1.165) is 43.8 Å². The number of aryl methyl sites for hydroxylation is 1. The highest BCUT2D eigenvalue weighted by Crippen LogP contribution is 2.24. The first kappa shape index (κ1) is 13.9. The first-order chi connectivity index (χ1) is 9.11. The highest BCUT2D eigenvalue weighted by Gasteiger charge is 2.21. The van der Waals surface area contributed by atoms with Crippen molar-refractivity contribution in [3.05, 3.63) is 29.3 Å². The molecule has 1 aliphatic heterocycles. The van der Waals surface area contributed by atoms with Crippen LogP contribution in [-0.4, -0.2) is 36.9 Å². The summed E-state index contributed by atoms with van der Waals surface area (Å²) >= 11 is 0. The molecule has 0 spiro atoms. The van der Waals surface area contributed by atoms with Crippen molar-refractivity contribution in [1.29, 1.82) is 0 Å². The molecule has 1 aromatic carbocycles. The zero-order valence-electron chi connectivity index (χ0n) is 11.6. The Morgan fingerprint density at radius 3 is 2.89 bits per heavy atom. The van der Waals surface area contributed by atoms with Crippen LogP contribution >= 0.6 is 0 Å². The van der Waals surface area contributed by atoms with Crippen molar-refractivity contribution >= 4 is 11.7 Å². The van der Waals surface area contributed by atoms with Crippen LogP contribution in [0.4, 0.5) is 5.69 Å². The van der Waals surface area contributed by atoms with Crippen molar-refractivity contribution in [2.75, 3.05) is 24.6 Å². The second kappa shape index (κ2) is 6.06. The molecule has 0 amide bonds. The van der Waals surface area contributed by atoms with Gasteiger partial charge in [-0.1, -0.05) is 11.6 Å². The Hall–Kier alpha value is -1.55. The van der Waals surface area contributed by atoms with Crippen LogP contribution in [0.25, 0.3) is 0 Å². The van der Waals surface area contributed by atoms with Gasteiger partial charge in [0.1, 0.15) is 0 Å². The van der Waals surface area contributed by atoms with E-state index in [4.69, 9.17) is 4.74 Å². The van der Waals surface area contributed by atoms with Crippen LogP contribution in [0.5, 0.6) is 0 Å². The molecule has 1 N–H and O–H groups in total. The van der Waals surface area contributed by atoms with Gasteiger partial charge in [0, 0.05) is 19.7 Å². The Bertz CT molecular complexity index is 453. The number of carbonyl (C=O) groups is 1. The lowest BCUT2D eigenvalue weighted by molar-refractivity contribution is 0.0696. The van der Waals surface area contributed by atoms with Crippen LogP contribution in [0.2, 0.25) is 0 Å². The van der Waals surface area contributed by atoms with Crippen molar-refractivity contribution in [2.24, 2.45) is 0 Å². The Balaban J connectivity index is 2.23. The van der Waals surface area contributed by atoms with Gasteiger partial charge in [-0.25, -0.2) is 4.79 Å². The molecule has 2 rings (SSSR count). The van der Waals surface area contributed by atoms with Gasteiger partial charge >= 0.3 is 5.97 Å². The minimum absolute atomic E-state index is 0.225. The molecule has 0 saturated carbocycles. The summed E-state index contributed by atoms with van der Waals surface area (Å²) < 4.78 is 5.64. The summed E-state index contributed by atoms with van der Waals surface area (Å²) in [6.45, 7) is 6.32. The standard InChI is InChI=1S/C15H21NO3/c1-3-16(10-12-5-4-8-19-12)14-7-6-11(2)9-13(14)15(17)18/h6-7,9,12H,3-5,8,10H2,1-2H3,(H,17,18). The number of aromatic carboxylic acids is 1.